The molecule has 2 aliphatic heterocycles. The van der Waals surface area contributed by atoms with Gasteiger partial charge in [0.15, 0.2) is 0 Å². The number of amides is 2. The number of carbonyl (C=O) groups is 2. The van der Waals surface area contributed by atoms with Gasteiger partial charge in [-0.05, 0) is 12.1 Å². The van der Waals surface area contributed by atoms with Gasteiger partial charge < -0.3 is 14.4 Å². The van der Waals surface area contributed by atoms with E-state index in [1.807, 2.05) is 47.9 Å². The van der Waals surface area contributed by atoms with Crippen LogP contribution in [0.1, 0.15) is 37.7 Å². The van der Waals surface area contributed by atoms with Gasteiger partial charge in [-0.3, -0.25) is 19.0 Å². The van der Waals surface area contributed by atoms with Crippen LogP contribution in [0.4, 0.5) is 0 Å². The van der Waals surface area contributed by atoms with Crippen LogP contribution in [-0.2, 0) is 36.8 Å². The number of carbonyl (C=O) groups excluding carboxylic acids is 2. The molecular formula is C26H30N8O2. The van der Waals surface area contributed by atoms with Crippen molar-refractivity contribution in [1.29, 1.82) is 0 Å². The van der Waals surface area contributed by atoms with Crippen molar-refractivity contribution in [2.45, 2.75) is 39.3 Å². The molecular weight excluding hydrogens is 456 g/mol. The third kappa shape index (κ3) is 3.51. The van der Waals surface area contributed by atoms with Crippen LogP contribution >= 0.6 is 0 Å². The van der Waals surface area contributed by atoms with Crippen LogP contribution in [-0.4, -0.2) is 70.4 Å². The molecule has 2 amide bonds. The van der Waals surface area contributed by atoms with E-state index in [0.29, 0.717) is 32.6 Å². The van der Waals surface area contributed by atoms with E-state index < -0.39 is 0 Å². The lowest BCUT2D eigenvalue weighted by atomic mass is 9.99. The van der Waals surface area contributed by atoms with Gasteiger partial charge in [0.1, 0.15) is 11.5 Å². The second kappa shape index (κ2) is 8.32. The largest absolute Gasteiger partial charge is 0.341 e. The maximum absolute atomic E-state index is 12.6. The molecule has 2 aliphatic rings. The van der Waals surface area contributed by atoms with E-state index in [0.717, 1.165) is 51.5 Å². The molecule has 0 radical (unpaired) electrons. The molecule has 3 aromatic heterocycles. The Morgan fingerprint density at radius 1 is 1.06 bits per heavy atom. The average molecular weight is 487 g/mol. The number of hydrogen-bond donors (Lipinski definition) is 0. The topological polar surface area (TPSA) is 94.1 Å². The molecule has 10 heteroatoms. The zero-order valence-corrected chi connectivity index (χ0v) is 21.1. The second-order valence-electron chi connectivity index (χ2n) is 9.81. The lowest BCUT2D eigenvalue weighted by Crippen LogP contribution is -2.49. The highest BCUT2D eigenvalue weighted by atomic mass is 16.2. The molecule has 6 rings (SSSR count). The van der Waals surface area contributed by atoms with Crippen LogP contribution in [0.15, 0.2) is 30.6 Å². The number of benzene rings is 1. The molecule has 0 aliphatic carbocycles. The summed E-state index contributed by atoms with van der Waals surface area (Å²) in [5, 5.41) is 10.1. The van der Waals surface area contributed by atoms with Gasteiger partial charge in [-0.25, -0.2) is 4.98 Å². The fraction of sp³-hybridized carbons (Fsp3) is 0.423. The zero-order valence-electron chi connectivity index (χ0n) is 21.1. The van der Waals surface area contributed by atoms with Gasteiger partial charge in [-0.2, -0.15) is 10.2 Å². The Morgan fingerprint density at radius 2 is 1.86 bits per heavy atom. The third-order valence-electron chi connectivity index (χ3n) is 7.49. The highest BCUT2D eigenvalue weighted by molar-refractivity contribution is 5.96. The summed E-state index contributed by atoms with van der Waals surface area (Å²) in [6.07, 6.45) is 4.29. The molecule has 0 bridgehead atoms. The van der Waals surface area contributed by atoms with Gasteiger partial charge in [0.2, 0.25) is 11.8 Å². The Labute approximate surface area is 209 Å². The van der Waals surface area contributed by atoms with Crippen LogP contribution in [0.2, 0.25) is 0 Å². The zero-order chi connectivity index (χ0) is 25.1. The van der Waals surface area contributed by atoms with Crippen LogP contribution in [0.5, 0.6) is 0 Å². The van der Waals surface area contributed by atoms with Crippen LogP contribution in [0, 0.1) is 0 Å². The minimum absolute atomic E-state index is 0.0987. The number of likely N-dealkylation sites (tertiary alicyclic amines) is 1. The average Bonchev–Trinajstić information content (AvgIpc) is 3.52. The minimum atomic E-state index is 0.0987. The molecule has 1 saturated heterocycles. The number of aryl methyl sites for hydroxylation is 2. The molecule has 0 N–H and O–H groups in total. The van der Waals surface area contributed by atoms with Crippen molar-refractivity contribution in [2.75, 3.05) is 19.6 Å². The Bertz CT molecular complexity index is 1500. The molecule has 0 spiro atoms. The third-order valence-corrected chi connectivity index (χ3v) is 7.49. The molecule has 1 fully saturated rings. The first-order valence-corrected chi connectivity index (χ1v) is 12.4. The molecule has 5 heterocycles. The van der Waals surface area contributed by atoms with Crippen molar-refractivity contribution < 1.29 is 9.59 Å². The molecule has 0 unspecified atom stereocenters. The molecule has 0 saturated carbocycles. The number of fused-ring (bicyclic) bond motifs is 2. The van der Waals surface area contributed by atoms with E-state index in [1.165, 1.54) is 0 Å². The quantitative estimate of drug-likeness (QED) is 0.442. The fourth-order valence-electron chi connectivity index (χ4n) is 5.44. The predicted molar refractivity (Wildman–Crippen MR) is 135 cm³/mol. The van der Waals surface area contributed by atoms with Crippen molar-refractivity contribution in [2.24, 2.45) is 14.1 Å². The molecule has 36 heavy (non-hydrogen) atoms. The number of imidazole rings is 1. The highest BCUT2D eigenvalue weighted by Crippen LogP contribution is 2.37. The predicted octanol–water partition coefficient (Wildman–Crippen LogP) is 2.54. The monoisotopic (exact) mass is 486 g/mol. The van der Waals surface area contributed by atoms with Gasteiger partial charge in [0.05, 0.1) is 35.6 Å². The highest BCUT2D eigenvalue weighted by Gasteiger charge is 2.36. The number of aromatic nitrogens is 6. The molecule has 1 aromatic carbocycles. The van der Waals surface area contributed by atoms with Crippen molar-refractivity contribution >= 4 is 22.7 Å². The van der Waals surface area contributed by atoms with Gasteiger partial charge in [-0.15, -0.1) is 0 Å². The Kier molecular flexibility index (Phi) is 5.20. The first kappa shape index (κ1) is 22.5. The smallest absolute Gasteiger partial charge is 0.222 e. The molecule has 186 valence electrons. The van der Waals surface area contributed by atoms with Gasteiger partial charge in [-0.1, -0.05) is 13.0 Å². The normalized spacial score (nSPS) is 15.9. The summed E-state index contributed by atoms with van der Waals surface area (Å²) in [4.78, 5) is 33.3. The number of rotatable bonds is 4. The molecule has 10 nitrogen and oxygen atoms in total. The summed E-state index contributed by atoms with van der Waals surface area (Å²) < 4.78 is 5.95. The maximum atomic E-state index is 12.6. The van der Waals surface area contributed by atoms with Crippen molar-refractivity contribution in [3.05, 3.63) is 42.1 Å². The number of hydrogen-bond acceptors (Lipinski definition) is 5. The SMILES string of the molecule is CCC(=O)N1CCn2c(C3CN(C(C)=O)C3)nc(-c3ccc4c(c3)c(-c3cnn(C)c3)nn4C)c2C1. The number of nitrogens with zero attached hydrogens (tertiary/aromatic N) is 8. The summed E-state index contributed by atoms with van der Waals surface area (Å²) in [6, 6.07) is 6.33. The summed E-state index contributed by atoms with van der Waals surface area (Å²) in [6.45, 7) is 6.83. The van der Waals surface area contributed by atoms with E-state index in [2.05, 4.69) is 27.9 Å². The van der Waals surface area contributed by atoms with E-state index >= 15 is 0 Å². The van der Waals surface area contributed by atoms with Crippen LogP contribution < -0.4 is 0 Å². The van der Waals surface area contributed by atoms with E-state index in [1.54, 1.807) is 11.6 Å². The lowest BCUT2D eigenvalue weighted by Gasteiger charge is -2.39. The Balaban J connectivity index is 1.46. The molecule has 4 aromatic rings. The minimum Gasteiger partial charge on any atom is -0.341 e. The van der Waals surface area contributed by atoms with Crippen molar-refractivity contribution in [1.82, 2.24) is 38.9 Å². The summed E-state index contributed by atoms with van der Waals surface area (Å²) in [7, 11) is 3.85. The van der Waals surface area contributed by atoms with Crippen LogP contribution in [0.3, 0.4) is 0 Å². The Hall–Kier alpha value is -3.95. The van der Waals surface area contributed by atoms with Crippen LogP contribution in [0.25, 0.3) is 33.4 Å². The summed E-state index contributed by atoms with van der Waals surface area (Å²) >= 11 is 0. The van der Waals surface area contributed by atoms with Gasteiger partial charge in [0.25, 0.3) is 0 Å². The van der Waals surface area contributed by atoms with E-state index in [9.17, 15) is 9.59 Å². The second-order valence-corrected chi connectivity index (χ2v) is 9.81. The van der Waals surface area contributed by atoms with E-state index in [-0.39, 0.29) is 17.7 Å². The first-order valence-electron chi connectivity index (χ1n) is 12.4. The summed E-state index contributed by atoms with van der Waals surface area (Å²) in [5.41, 5.74) is 5.85. The van der Waals surface area contributed by atoms with Gasteiger partial charge in [0, 0.05) is 76.3 Å². The Morgan fingerprint density at radius 3 is 2.56 bits per heavy atom. The lowest BCUT2D eigenvalue weighted by molar-refractivity contribution is -0.134. The van der Waals surface area contributed by atoms with E-state index in [4.69, 9.17) is 10.1 Å². The first-order chi connectivity index (χ1) is 17.3. The standard InChI is InChI=1S/C26H30N8O2/c1-5-23(36)32-8-9-34-22(15-32)25(28-26(34)19-13-33(14-19)16(2)35)17-6-7-21-20(10-17)24(29-31(21)4)18-11-27-30(3)12-18/h6-7,10-12,19H,5,8-9,13-15H2,1-4H3. The van der Waals surface area contributed by atoms with Crippen molar-refractivity contribution in [3.8, 4) is 22.5 Å². The van der Waals surface area contributed by atoms with Crippen molar-refractivity contribution in [3.63, 3.8) is 0 Å². The van der Waals surface area contributed by atoms with Gasteiger partial charge >= 0.3 is 0 Å². The maximum Gasteiger partial charge on any atom is 0.222 e. The summed E-state index contributed by atoms with van der Waals surface area (Å²) in [5.74, 6) is 1.48. The fourth-order valence-corrected chi connectivity index (χ4v) is 5.44. The molecule has 0 atom stereocenters.